The van der Waals surface area contributed by atoms with E-state index in [1.807, 2.05) is 12.1 Å². The summed E-state index contributed by atoms with van der Waals surface area (Å²) < 4.78 is 5.04. The van der Waals surface area contributed by atoms with E-state index >= 15 is 0 Å². The third-order valence-electron chi connectivity index (χ3n) is 3.05. The normalized spacial score (nSPS) is 10.7. The molecular formula is C17H16N2O4. The van der Waals surface area contributed by atoms with Crippen LogP contribution in [0.1, 0.15) is 11.1 Å². The van der Waals surface area contributed by atoms with E-state index in [0.717, 1.165) is 5.56 Å². The quantitative estimate of drug-likeness (QED) is 0.503. The molecule has 0 fully saturated rings. The summed E-state index contributed by atoms with van der Waals surface area (Å²) in [5.74, 6) is -0.363. The van der Waals surface area contributed by atoms with Crippen LogP contribution in [0, 0.1) is 10.1 Å². The fourth-order valence-corrected chi connectivity index (χ4v) is 2.05. The summed E-state index contributed by atoms with van der Waals surface area (Å²) >= 11 is 0. The van der Waals surface area contributed by atoms with E-state index in [1.54, 1.807) is 37.4 Å². The van der Waals surface area contributed by atoms with Gasteiger partial charge in [-0.05, 0) is 29.8 Å². The summed E-state index contributed by atoms with van der Waals surface area (Å²) in [6.07, 6.45) is 2.69. The molecule has 1 amide bonds. The van der Waals surface area contributed by atoms with Gasteiger partial charge in [0.1, 0.15) is 0 Å². The van der Waals surface area contributed by atoms with Gasteiger partial charge in [-0.3, -0.25) is 14.9 Å². The van der Waals surface area contributed by atoms with Crippen LogP contribution in [0.5, 0.6) is 0 Å². The number of hydrogen-bond donors (Lipinski definition) is 1. The van der Waals surface area contributed by atoms with Crippen LogP contribution in [0.15, 0.2) is 54.6 Å². The smallest absolute Gasteiger partial charge is 0.276 e. The lowest BCUT2D eigenvalue weighted by Crippen LogP contribution is -2.08. The Bertz CT molecular complexity index is 741. The fourth-order valence-electron chi connectivity index (χ4n) is 2.05. The van der Waals surface area contributed by atoms with E-state index in [2.05, 4.69) is 5.32 Å². The van der Waals surface area contributed by atoms with Crippen molar-refractivity contribution in [3.63, 3.8) is 0 Å². The van der Waals surface area contributed by atoms with Gasteiger partial charge in [0, 0.05) is 24.9 Å². The summed E-state index contributed by atoms with van der Waals surface area (Å²) in [5, 5.41) is 13.6. The summed E-state index contributed by atoms with van der Waals surface area (Å²) in [6, 6.07) is 13.5. The minimum Gasteiger partial charge on any atom is -0.380 e. The van der Waals surface area contributed by atoms with Crippen molar-refractivity contribution in [2.45, 2.75) is 6.61 Å². The third-order valence-corrected chi connectivity index (χ3v) is 3.05. The van der Waals surface area contributed by atoms with Gasteiger partial charge >= 0.3 is 0 Å². The number of nitrogens with zero attached hydrogens (tertiary/aromatic N) is 1. The molecule has 0 atom stereocenters. The molecule has 6 heteroatoms. The number of carbonyl (C=O) groups excluding carboxylic acids is 1. The Labute approximate surface area is 133 Å². The number of anilines is 1. The minimum atomic E-state index is -0.480. The number of nitro benzene ring substituents is 1. The Morgan fingerprint density at radius 3 is 2.78 bits per heavy atom. The first-order chi connectivity index (χ1) is 11.1. The van der Waals surface area contributed by atoms with Gasteiger partial charge in [-0.2, -0.15) is 0 Å². The molecule has 0 bridgehead atoms. The highest BCUT2D eigenvalue weighted by Gasteiger charge is 2.09. The Balaban J connectivity index is 2.08. The number of benzene rings is 2. The van der Waals surface area contributed by atoms with Crippen molar-refractivity contribution in [3.05, 3.63) is 75.8 Å². The molecule has 23 heavy (non-hydrogen) atoms. The molecule has 2 aromatic carbocycles. The lowest BCUT2D eigenvalue weighted by Gasteiger charge is -2.05. The van der Waals surface area contributed by atoms with Crippen molar-refractivity contribution < 1.29 is 14.5 Å². The van der Waals surface area contributed by atoms with Gasteiger partial charge in [0.15, 0.2) is 0 Å². The summed E-state index contributed by atoms with van der Waals surface area (Å²) in [6.45, 7) is 0.454. The molecule has 0 spiro atoms. The lowest BCUT2D eigenvalue weighted by atomic mass is 10.1. The summed E-state index contributed by atoms with van der Waals surface area (Å²) in [4.78, 5) is 22.4. The predicted molar refractivity (Wildman–Crippen MR) is 87.9 cm³/mol. The summed E-state index contributed by atoms with van der Waals surface area (Å²) in [5.41, 5.74) is 1.91. The molecule has 0 aliphatic carbocycles. The zero-order valence-electron chi connectivity index (χ0n) is 12.6. The number of methoxy groups -OCH3 is 1. The van der Waals surface area contributed by atoms with Gasteiger partial charge in [-0.25, -0.2) is 0 Å². The van der Waals surface area contributed by atoms with Crippen molar-refractivity contribution in [1.82, 2.24) is 0 Å². The Kier molecular flexibility index (Phi) is 5.60. The van der Waals surface area contributed by atoms with Crippen LogP contribution in [0.2, 0.25) is 0 Å². The molecule has 118 valence electrons. The molecule has 2 rings (SSSR count). The first-order valence-corrected chi connectivity index (χ1v) is 6.90. The molecule has 0 aromatic heterocycles. The van der Waals surface area contributed by atoms with E-state index in [-0.39, 0.29) is 11.6 Å². The number of amides is 1. The number of nitrogens with one attached hydrogen (secondary N) is 1. The molecule has 0 heterocycles. The van der Waals surface area contributed by atoms with Crippen LogP contribution in [-0.4, -0.2) is 17.9 Å². The van der Waals surface area contributed by atoms with Crippen molar-refractivity contribution in [1.29, 1.82) is 0 Å². The average molecular weight is 312 g/mol. The van der Waals surface area contributed by atoms with Crippen LogP contribution in [0.3, 0.4) is 0 Å². The second-order valence-electron chi connectivity index (χ2n) is 4.77. The summed E-state index contributed by atoms with van der Waals surface area (Å²) in [7, 11) is 1.60. The molecule has 0 aliphatic rings. The number of rotatable bonds is 6. The average Bonchev–Trinajstić information content (AvgIpc) is 2.54. The highest BCUT2D eigenvalue weighted by atomic mass is 16.6. The molecule has 6 nitrogen and oxygen atoms in total. The van der Waals surface area contributed by atoms with Gasteiger partial charge in [0.25, 0.3) is 5.69 Å². The monoisotopic (exact) mass is 312 g/mol. The van der Waals surface area contributed by atoms with E-state index in [0.29, 0.717) is 17.9 Å². The lowest BCUT2D eigenvalue weighted by molar-refractivity contribution is -0.385. The van der Waals surface area contributed by atoms with Gasteiger partial charge in [0.05, 0.1) is 17.1 Å². The number of hydrogen-bond acceptors (Lipinski definition) is 4. The highest BCUT2D eigenvalue weighted by molar-refractivity contribution is 6.02. The number of carbonyl (C=O) groups is 1. The molecule has 0 aliphatic heterocycles. The maximum absolute atomic E-state index is 11.9. The highest BCUT2D eigenvalue weighted by Crippen LogP contribution is 2.19. The van der Waals surface area contributed by atoms with Crippen molar-refractivity contribution >= 4 is 23.4 Å². The van der Waals surface area contributed by atoms with Crippen molar-refractivity contribution in [3.8, 4) is 0 Å². The standard InChI is InChI=1S/C17H16N2O4/c1-23-12-13-5-4-7-15(11-13)18-17(20)10-9-14-6-2-3-8-16(14)19(21)22/h2-11H,12H2,1H3,(H,18,20)/b10-9+. The molecule has 0 radical (unpaired) electrons. The number of ether oxygens (including phenoxy) is 1. The number of nitro groups is 1. The third kappa shape index (κ3) is 4.76. The van der Waals surface area contributed by atoms with Crippen LogP contribution < -0.4 is 5.32 Å². The maximum Gasteiger partial charge on any atom is 0.276 e. The largest absolute Gasteiger partial charge is 0.380 e. The second kappa shape index (κ2) is 7.86. The van der Waals surface area contributed by atoms with Crippen LogP contribution in [-0.2, 0) is 16.1 Å². The molecular weight excluding hydrogens is 296 g/mol. The van der Waals surface area contributed by atoms with Gasteiger partial charge in [-0.15, -0.1) is 0 Å². The molecule has 0 unspecified atom stereocenters. The molecule has 2 aromatic rings. The topological polar surface area (TPSA) is 81.5 Å². The zero-order chi connectivity index (χ0) is 16.7. The Hall–Kier alpha value is -2.99. The van der Waals surface area contributed by atoms with Gasteiger partial charge in [0.2, 0.25) is 5.91 Å². The molecule has 1 N–H and O–H groups in total. The van der Waals surface area contributed by atoms with Crippen molar-refractivity contribution in [2.75, 3.05) is 12.4 Å². The van der Waals surface area contributed by atoms with E-state index in [4.69, 9.17) is 4.74 Å². The SMILES string of the molecule is COCc1cccc(NC(=O)/C=C/c2ccccc2[N+](=O)[O-])c1. The maximum atomic E-state index is 11.9. The van der Waals surface area contributed by atoms with E-state index < -0.39 is 4.92 Å². The number of para-hydroxylation sites is 1. The minimum absolute atomic E-state index is 0.0429. The first-order valence-electron chi connectivity index (χ1n) is 6.90. The Morgan fingerprint density at radius 1 is 1.26 bits per heavy atom. The van der Waals surface area contributed by atoms with E-state index in [1.165, 1.54) is 18.2 Å². The van der Waals surface area contributed by atoms with Crippen LogP contribution in [0.4, 0.5) is 11.4 Å². The zero-order valence-corrected chi connectivity index (χ0v) is 12.6. The van der Waals surface area contributed by atoms with Crippen LogP contribution in [0.25, 0.3) is 6.08 Å². The van der Waals surface area contributed by atoms with Crippen molar-refractivity contribution in [2.24, 2.45) is 0 Å². The molecule has 0 saturated heterocycles. The Morgan fingerprint density at radius 2 is 2.04 bits per heavy atom. The predicted octanol–water partition coefficient (Wildman–Crippen LogP) is 3.39. The van der Waals surface area contributed by atoms with E-state index in [9.17, 15) is 14.9 Å². The molecule has 0 saturated carbocycles. The van der Waals surface area contributed by atoms with Gasteiger partial charge in [-0.1, -0.05) is 24.3 Å². The fraction of sp³-hybridized carbons (Fsp3) is 0.118. The second-order valence-corrected chi connectivity index (χ2v) is 4.77. The van der Waals surface area contributed by atoms with Crippen LogP contribution >= 0.6 is 0 Å². The first kappa shape index (κ1) is 16.4. The van der Waals surface area contributed by atoms with Gasteiger partial charge < -0.3 is 10.1 Å².